The maximum absolute atomic E-state index is 15.4. The van der Waals surface area contributed by atoms with Crippen molar-refractivity contribution < 1.29 is 36.9 Å². The fraction of sp³-hybridized carbons (Fsp3) is 0.194. The van der Waals surface area contributed by atoms with Crippen LogP contribution < -0.4 is 4.74 Å². The van der Waals surface area contributed by atoms with Gasteiger partial charge in [-0.15, -0.1) is 0 Å². The number of nitrogens with zero attached hydrogens (tertiary/aromatic N) is 3. The minimum atomic E-state index is -1.13. The number of carboxylic acids is 1. The van der Waals surface area contributed by atoms with Crippen molar-refractivity contribution in [1.29, 1.82) is 0 Å². The summed E-state index contributed by atoms with van der Waals surface area (Å²) in [4.78, 5) is 20.0. The minimum absolute atomic E-state index is 0.0520. The number of hydrogen-bond acceptors (Lipinski definition) is 5. The van der Waals surface area contributed by atoms with Crippen molar-refractivity contribution in [2.45, 2.75) is 32.1 Å². The van der Waals surface area contributed by atoms with E-state index in [1.807, 2.05) is 4.57 Å². The van der Waals surface area contributed by atoms with Gasteiger partial charge in [0, 0.05) is 35.2 Å². The van der Waals surface area contributed by atoms with E-state index in [4.69, 9.17) is 21.1 Å². The lowest BCUT2D eigenvalue weighted by atomic mass is 10.0. The maximum atomic E-state index is 15.4. The largest absolute Gasteiger partial charge is 0.478 e. The SMILES string of the molecule is O=C(O)c1ccc2nc(Cc3ccc(-c4nc(OCc5ccc(Cl)cc5F)c(F)cc4F)c(F)c3)n(C[C@@H]3CCO3)c2c1. The Morgan fingerprint density at radius 3 is 2.49 bits per heavy atom. The lowest BCUT2D eigenvalue weighted by Crippen LogP contribution is -2.31. The number of fused-ring (bicyclic) bond motifs is 1. The van der Waals surface area contributed by atoms with E-state index in [0.29, 0.717) is 41.6 Å². The van der Waals surface area contributed by atoms with Crippen LogP contribution in [-0.2, 0) is 24.3 Å². The van der Waals surface area contributed by atoms with Crippen LogP contribution in [-0.4, -0.2) is 38.3 Å². The molecule has 7 nitrogen and oxygen atoms in total. The van der Waals surface area contributed by atoms with Crippen LogP contribution >= 0.6 is 11.6 Å². The van der Waals surface area contributed by atoms with Gasteiger partial charge in [0.25, 0.3) is 5.88 Å². The Hall–Kier alpha value is -4.48. The van der Waals surface area contributed by atoms with Gasteiger partial charge in [-0.25, -0.2) is 32.3 Å². The second kappa shape index (κ2) is 11.7. The lowest BCUT2D eigenvalue weighted by molar-refractivity contribution is -0.0589. The number of carboxylic acid groups (broad SMARTS) is 1. The zero-order chi connectivity index (χ0) is 30.2. The number of pyridine rings is 1. The molecule has 0 saturated carbocycles. The molecule has 1 fully saturated rings. The van der Waals surface area contributed by atoms with Gasteiger partial charge >= 0.3 is 5.97 Å². The number of ether oxygens (including phenoxy) is 2. The summed E-state index contributed by atoms with van der Waals surface area (Å²) in [5.74, 6) is -4.85. The number of aromatic carboxylic acids is 1. The maximum Gasteiger partial charge on any atom is 0.335 e. The first-order valence-electron chi connectivity index (χ1n) is 13.2. The van der Waals surface area contributed by atoms with Crippen LogP contribution in [0.1, 0.15) is 33.7 Å². The Kier molecular flexibility index (Phi) is 7.76. The first kappa shape index (κ1) is 28.6. The Labute approximate surface area is 247 Å². The quantitative estimate of drug-likeness (QED) is 0.181. The van der Waals surface area contributed by atoms with Gasteiger partial charge in [0.15, 0.2) is 11.6 Å². The van der Waals surface area contributed by atoms with Crippen LogP contribution in [0.4, 0.5) is 17.6 Å². The summed E-state index contributed by atoms with van der Waals surface area (Å²) in [6, 6.07) is 13.1. The molecule has 6 rings (SSSR count). The fourth-order valence-corrected chi connectivity index (χ4v) is 5.00. The van der Waals surface area contributed by atoms with Gasteiger partial charge in [0.2, 0.25) is 0 Å². The number of rotatable bonds is 9. The van der Waals surface area contributed by atoms with Crippen LogP contribution in [0.15, 0.2) is 60.7 Å². The third-order valence-corrected chi connectivity index (χ3v) is 7.42. The Morgan fingerprint density at radius 2 is 1.79 bits per heavy atom. The number of imidazole rings is 1. The van der Waals surface area contributed by atoms with E-state index in [-0.39, 0.29) is 34.2 Å². The molecule has 0 amide bonds. The smallest absolute Gasteiger partial charge is 0.335 e. The van der Waals surface area contributed by atoms with Crippen LogP contribution in [0.25, 0.3) is 22.3 Å². The number of carbonyl (C=O) groups is 1. The molecule has 0 bridgehead atoms. The van der Waals surface area contributed by atoms with Gasteiger partial charge in [0.05, 0.1) is 29.2 Å². The molecular weight excluding hydrogens is 590 g/mol. The number of aromatic nitrogens is 3. The van der Waals surface area contributed by atoms with Crippen molar-refractivity contribution in [3.63, 3.8) is 0 Å². The van der Waals surface area contributed by atoms with Gasteiger partial charge in [-0.05, 0) is 54.4 Å². The number of hydrogen-bond donors (Lipinski definition) is 1. The molecule has 3 heterocycles. The molecule has 0 spiro atoms. The molecule has 0 radical (unpaired) electrons. The van der Waals surface area contributed by atoms with Crippen molar-refractivity contribution in [2.24, 2.45) is 0 Å². The van der Waals surface area contributed by atoms with Crippen molar-refractivity contribution >= 4 is 28.6 Å². The van der Waals surface area contributed by atoms with Crippen LogP contribution in [0.5, 0.6) is 5.88 Å². The highest BCUT2D eigenvalue weighted by Gasteiger charge is 2.23. The summed E-state index contributed by atoms with van der Waals surface area (Å²) in [5, 5.41) is 9.62. The van der Waals surface area contributed by atoms with Gasteiger partial charge in [0.1, 0.15) is 29.8 Å². The molecule has 5 aromatic rings. The first-order valence-corrected chi connectivity index (χ1v) is 13.6. The van der Waals surface area contributed by atoms with Crippen molar-refractivity contribution in [3.8, 4) is 17.1 Å². The average Bonchev–Trinajstić information content (AvgIpc) is 3.27. The second-order valence-electron chi connectivity index (χ2n) is 10.0. The average molecular weight is 612 g/mol. The molecule has 3 aromatic carbocycles. The van der Waals surface area contributed by atoms with E-state index < -0.39 is 47.4 Å². The third-order valence-electron chi connectivity index (χ3n) is 7.18. The predicted octanol–water partition coefficient (Wildman–Crippen LogP) is 6.97. The lowest BCUT2D eigenvalue weighted by Gasteiger charge is -2.27. The summed E-state index contributed by atoms with van der Waals surface area (Å²) in [6.45, 7) is 0.668. The topological polar surface area (TPSA) is 86.5 Å². The Bertz CT molecular complexity index is 1880. The van der Waals surface area contributed by atoms with E-state index in [1.165, 1.54) is 30.3 Å². The molecule has 0 aliphatic carbocycles. The summed E-state index contributed by atoms with van der Waals surface area (Å²) < 4.78 is 71.5. The zero-order valence-electron chi connectivity index (χ0n) is 22.3. The monoisotopic (exact) mass is 611 g/mol. The fourth-order valence-electron chi connectivity index (χ4n) is 4.84. The van der Waals surface area contributed by atoms with Crippen molar-refractivity contribution in [1.82, 2.24) is 14.5 Å². The number of halogens is 5. The Morgan fingerprint density at radius 1 is 0.977 bits per heavy atom. The molecule has 220 valence electrons. The minimum Gasteiger partial charge on any atom is -0.478 e. The summed E-state index contributed by atoms with van der Waals surface area (Å²) in [5.41, 5.74) is 1.18. The van der Waals surface area contributed by atoms with E-state index in [2.05, 4.69) is 9.97 Å². The molecule has 0 unspecified atom stereocenters. The zero-order valence-corrected chi connectivity index (χ0v) is 23.0. The first-order chi connectivity index (χ1) is 20.7. The molecule has 12 heteroatoms. The van der Waals surface area contributed by atoms with Crippen LogP contribution in [0.3, 0.4) is 0 Å². The highest BCUT2D eigenvalue weighted by Crippen LogP contribution is 2.30. The van der Waals surface area contributed by atoms with E-state index in [1.54, 1.807) is 18.2 Å². The molecule has 2 aromatic heterocycles. The molecule has 1 aliphatic rings. The van der Waals surface area contributed by atoms with E-state index in [9.17, 15) is 23.1 Å². The highest BCUT2D eigenvalue weighted by molar-refractivity contribution is 6.30. The normalized spacial score (nSPS) is 14.6. The van der Waals surface area contributed by atoms with Crippen molar-refractivity contribution in [2.75, 3.05) is 6.61 Å². The van der Waals surface area contributed by atoms with Crippen LogP contribution in [0, 0.1) is 23.3 Å². The van der Waals surface area contributed by atoms with Gasteiger partial charge in [-0.3, -0.25) is 0 Å². The highest BCUT2D eigenvalue weighted by atomic mass is 35.5. The molecule has 1 saturated heterocycles. The third kappa shape index (κ3) is 5.91. The van der Waals surface area contributed by atoms with E-state index >= 15 is 4.39 Å². The summed E-state index contributed by atoms with van der Waals surface area (Å²) >= 11 is 5.75. The Balaban J connectivity index is 1.28. The molecule has 43 heavy (non-hydrogen) atoms. The van der Waals surface area contributed by atoms with Gasteiger partial charge in [-0.2, -0.15) is 0 Å². The second-order valence-corrected chi connectivity index (χ2v) is 10.5. The molecule has 1 atom stereocenters. The summed E-state index contributed by atoms with van der Waals surface area (Å²) in [7, 11) is 0. The van der Waals surface area contributed by atoms with Crippen molar-refractivity contribution in [3.05, 3.63) is 111 Å². The van der Waals surface area contributed by atoms with Crippen LogP contribution in [0.2, 0.25) is 5.02 Å². The van der Waals surface area contributed by atoms with Gasteiger partial charge in [-0.1, -0.05) is 23.7 Å². The van der Waals surface area contributed by atoms with E-state index in [0.717, 1.165) is 12.5 Å². The number of benzene rings is 3. The van der Waals surface area contributed by atoms with Gasteiger partial charge < -0.3 is 19.1 Å². The molecular formula is C31H22ClF4N3O4. The molecule has 1 aliphatic heterocycles. The standard InChI is InChI=1S/C31H22ClF4N3O4/c32-19-4-2-18(22(33)12-19)15-43-30-25(36)13-24(35)29(38-30)21-5-1-16(9-23(21)34)10-28-37-26-6-3-17(31(40)41)11-27(26)39(28)14-20-7-8-42-20/h1-6,9,11-13,20H,7-8,10,14-15H2,(H,40,41)/t20-/m0/s1. The molecule has 1 N–H and O–H groups in total. The predicted molar refractivity (Wildman–Crippen MR) is 149 cm³/mol. The summed E-state index contributed by atoms with van der Waals surface area (Å²) in [6.07, 6.45) is 0.975.